The van der Waals surface area contributed by atoms with Gasteiger partial charge in [-0.2, -0.15) is 22.0 Å². The second-order valence-electron chi connectivity index (χ2n) is 3.38. The van der Waals surface area contributed by atoms with Gasteiger partial charge in [0, 0.05) is 6.07 Å². The Morgan fingerprint density at radius 2 is 1.71 bits per heavy atom. The van der Waals surface area contributed by atoms with E-state index in [0.717, 1.165) is 18.2 Å². The minimum Gasteiger partial charge on any atom is -0.432 e. The smallest absolute Gasteiger partial charge is 0.409 e. The van der Waals surface area contributed by atoms with Crippen LogP contribution in [0.3, 0.4) is 0 Å². The van der Waals surface area contributed by atoms with Crippen molar-refractivity contribution in [3.05, 3.63) is 30.1 Å². The maximum atomic E-state index is 13.1. The van der Waals surface area contributed by atoms with E-state index in [1.807, 2.05) is 0 Å². The molecule has 1 unspecified atom stereocenters. The first kappa shape index (κ1) is 13.7. The van der Waals surface area contributed by atoms with Crippen LogP contribution >= 0.6 is 0 Å². The average Bonchev–Trinajstić information content (AvgIpc) is 2.14. The van der Waals surface area contributed by atoms with Gasteiger partial charge in [0.05, 0.1) is 0 Å². The van der Waals surface area contributed by atoms with Gasteiger partial charge in [0.2, 0.25) is 0 Å². The van der Waals surface area contributed by atoms with Gasteiger partial charge >= 0.3 is 12.3 Å². The Hall–Kier alpha value is -1.40. The third-order valence-electron chi connectivity index (χ3n) is 2.05. The Balaban J connectivity index is 2.86. The molecule has 0 saturated heterocycles. The molecule has 1 nitrogen and oxygen atoms in total. The Labute approximate surface area is 93.0 Å². The molecular weight excluding hydrogens is 250 g/mol. The Bertz CT molecular complexity index is 387. The molecule has 0 bridgehead atoms. The Morgan fingerprint density at radius 1 is 1.12 bits per heavy atom. The van der Waals surface area contributed by atoms with E-state index in [4.69, 9.17) is 0 Å². The van der Waals surface area contributed by atoms with E-state index in [1.165, 1.54) is 0 Å². The van der Waals surface area contributed by atoms with Crippen molar-refractivity contribution < 1.29 is 31.1 Å². The summed E-state index contributed by atoms with van der Waals surface area (Å²) < 4.78 is 78.9. The van der Waals surface area contributed by atoms with Crippen LogP contribution in [-0.2, 0) is 0 Å². The van der Waals surface area contributed by atoms with Gasteiger partial charge in [0.15, 0.2) is 5.92 Å². The number of ether oxygens (including phenoxy) is 1. The van der Waals surface area contributed by atoms with E-state index in [1.54, 1.807) is 0 Å². The van der Waals surface area contributed by atoms with Crippen molar-refractivity contribution in [2.75, 3.05) is 0 Å². The van der Waals surface area contributed by atoms with Gasteiger partial charge < -0.3 is 4.74 Å². The van der Waals surface area contributed by atoms with Crippen LogP contribution in [-0.4, -0.2) is 12.3 Å². The molecule has 0 fully saturated rings. The Morgan fingerprint density at radius 3 is 2.18 bits per heavy atom. The second kappa shape index (κ2) is 4.46. The zero-order valence-electron chi connectivity index (χ0n) is 8.56. The monoisotopic (exact) mass is 258 g/mol. The topological polar surface area (TPSA) is 9.23 Å². The van der Waals surface area contributed by atoms with Gasteiger partial charge in [-0.1, -0.05) is 6.07 Å². The van der Waals surface area contributed by atoms with E-state index in [9.17, 15) is 26.3 Å². The first-order chi connectivity index (χ1) is 7.63. The highest BCUT2D eigenvalue weighted by molar-refractivity contribution is 5.22. The van der Waals surface area contributed by atoms with E-state index in [-0.39, 0.29) is 0 Å². The molecule has 1 aromatic carbocycles. The van der Waals surface area contributed by atoms with Crippen LogP contribution in [0.15, 0.2) is 24.3 Å². The fraction of sp³-hybridized carbons (Fsp3) is 0.400. The fourth-order valence-electron chi connectivity index (χ4n) is 0.967. The molecule has 0 radical (unpaired) electrons. The number of hydrogen-bond acceptors (Lipinski definition) is 1. The largest absolute Gasteiger partial charge is 0.432 e. The maximum absolute atomic E-state index is 13.1. The van der Waals surface area contributed by atoms with Crippen LogP contribution in [0.1, 0.15) is 6.92 Å². The molecule has 1 rings (SSSR count). The number of alkyl halides is 5. The van der Waals surface area contributed by atoms with Crippen molar-refractivity contribution in [1.29, 1.82) is 0 Å². The van der Waals surface area contributed by atoms with Gasteiger partial charge in [-0.3, -0.25) is 0 Å². The molecule has 0 aliphatic heterocycles. The molecule has 96 valence electrons. The van der Waals surface area contributed by atoms with E-state index in [2.05, 4.69) is 4.74 Å². The molecule has 0 N–H and O–H groups in total. The molecule has 0 aliphatic rings. The third-order valence-corrected chi connectivity index (χ3v) is 2.05. The van der Waals surface area contributed by atoms with E-state index >= 15 is 0 Å². The molecule has 0 aromatic heterocycles. The first-order valence-corrected chi connectivity index (χ1v) is 4.52. The normalized spacial score (nSPS) is 14.5. The summed E-state index contributed by atoms with van der Waals surface area (Å²) in [6.45, 7) is 0.291. The van der Waals surface area contributed by atoms with Crippen LogP contribution in [0.25, 0.3) is 0 Å². The number of halogens is 6. The van der Waals surface area contributed by atoms with Gasteiger partial charge in [0.25, 0.3) is 0 Å². The average molecular weight is 258 g/mol. The summed E-state index contributed by atoms with van der Waals surface area (Å²) in [4.78, 5) is 0. The highest BCUT2D eigenvalue weighted by Crippen LogP contribution is 2.39. The molecule has 0 spiro atoms. The summed E-state index contributed by atoms with van der Waals surface area (Å²) in [6, 6.07) is 3.54. The zero-order chi connectivity index (χ0) is 13.3. The quantitative estimate of drug-likeness (QED) is 0.745. The highest BCUT2D eigenvalue weighted by Gasteiger charge is 2.54. The summed E-state index contributed by atoms with van der Waals surface area (Å²) >= 11 is 0. The van der Waals surface area contributed by atoms with Crippen LogP contribution in [0.4, 0.5) is 26.3 Å². The van der Waals surface area contributed by atoms with Gasteiger partial charge in [-0.05, 0) is 19.1 Å². The number of rotatable bonds is 3. The zero-order valence-corrected chi connectivity index (χ0v) is 8.56. The van der Waals surface area contributed by atoms with Crippen LogP contribution in [0, 0.1) is 11.7 Å². The summed E-state index contributed by atoms with van der Waals surface area (Å²) in [6.07, 6.45) is -9.55. The summed E-state index contributed by atoms with van der Waals surface area (Å²) in [5.41, 5.74) is 0. The minimum atomic E-state index is -5.10. The maximum Gasteiger partial charge on any atom is 0.409 e. The van der Waals surface area contributed by atoms with Crippen molar-refractivity contribution in [2.45, 2.75) is 19.2 Å². The summed E-state index contributed by atoms with van der Waals surface area (Å²) in [5, 5.41) is 0. The highest BCUT2D eigenvalue weighted by atomic mass is 19.4. The molecule has 17 heavy (non-hydrogen) atoms. The number of benzene rings is 1. The van der Waals surface area contributed by atoms with Crippen molar-refractivity contribution >= 4 is 0 Å². The van der Waals surface area contributed by atoms with E-state index < -0.39 is 29.8 Å². The van der Waals surface area contributed by atoms with Gasteiger partial charge in [-0.15, -0.1) is 0 Å². The molecule has 1 atom stereocenters. The molecule has 0 heterocycles. The van der Waals surface area contributed by atoms with Gasteiger partial charge in [-0.25, -0.2) is 4.39 Å². The SMILES string of the molecule is CC(C(F)(F)F)C(F)(F)Oc1cccc(F)c1. The van der Waals surface area contributed by atoms with Crippen molar-refractivity contribution in [3.63, 3.8) is 0 Å². The molecule has 0 aliphatic carbocycles. The molecular formula is C10H8F6O. The molecule has 0 amide bonds. The summed E-state index contributed by atoms with van der Waals surface area (Å²) in [5.74, 6) is -4.53. The fourth-order valence-corrected chi connectivity index (χ4v) is 0.967. The lowest BCUT2D eigenvalue weighted by Crippen LogP contribution is -2.41. The minimum absolute atomic E-state index is 0.291. The van der Waals surface area contributed by atoms with Crippen molar-refractivity contribution in [1.82, 2.24) is 0 Å². The first-order valence-electron chi connectivity index (χ1n) is 4.52. The Kier molecular flexibility index (Phi) is 3.59. The van der Waals surface area contributed by atoms with Gasteiger partial charge in [0.1, 0.15) is 11.6 Å². The predicted molar refractivity (Wildman–Crippen MR) is 47.2 cm³/mol. The lowest BCUT2D eigenvalue weighted by molar-refractivity contribution is -0.298. The van der Waals surface area contributed by atoms with Crippen LogP contribution in [0.2, 0.25) is 0 Å². The van der Waals surface area contributed by atoms with Crippen LogP contribution < -0.4 is 4.74 Å². The molecule has 0 saturated carbocycles. The van der Waals surface area contributed by atoms with E-state index in [0.29, 0.717) is 13.0 Å². The number of hydrogen-bond donors (Lipinski definition) is 0. The standard InChI is InChI=1S/C10H8F6O/c1-6(9(12,13)14)10(15,16)17-8-4-2-3-7(11)5-8/h2-6H,1H3. The third kappa shape index (κ3) is 3.54. The van der Waals surface area contributed by atoms with Crippen molar-refractivity contribution in [3.8, 4) is 5.75 Å². The lowest BCUT2D eigenvalue weighted by Gasteiger charge is -2.25. The lowest BCUT2D eigenvalue weighted by atomic mass is 10.1. The van der Waals surface area contributed by atoms with Crippen LogP contribution in [0.5, 0.6) is 5.75 Å². The second-order valence-corrected chi connectivity index (χ2v) is 3.38. The molecule has 7 heteroatoms. The summed E-state index contributed by atoms with van der Waals surface area (Å²) in [7, 11) is 0. The van der Waals surface area contributed by atoms with Crippen molar-refractivity contribution in [2.24, 2.45) is 5.92 Å². The predicted octanol–water partition coefficient (Wildman–Crippen LogP) is 4.00. The molecule has 1 aromatic rings.